The van der Waals surface area contributed by atoms with Gasteiger partial charge >= 0.3 is 0 Å². The molecule has 0 N–H and O–H groups in total. The van der Waals surface area contributed by atoms with E-state index in [-0.39, 0.29) is 5.91 Å². The van der Waals surface area contributed by atoms with Gasteiger partial charge in [-0.25, -0.2) is 0 Å². The van der Waals surface area contributed by atoms with Gasteiger partial charge < -0.3 is 4.90 Å². The predicted octanol–water partition coefficient (Wildman–Crippen LogP) is 3.32. The maximum atomic E-state index is 11.3. The Morgan fingerprint density at radius 2 is 1.81 bits per heavy atom. The molecule has 1 saturated heterocycles. The van der Waals surface area contributed by atoms with Crippen LogP contribution in [-0.4, -0.2) is 23.9 Å². The van der Waals surface area contributed by atoms with E-state index in [1.165, 1.54) is 19.3 Å². The van der Waals surface area contributed by atoms with Gasteiger partial charge in [-0.1, -0.05) is 34.1 Å². The summed E-state index contributed by atoms with van der Waals surface area (Å²) in [6, 6.07) is 0. The van der Waals surface area contributed by atoms with E-state index in [9.17, 15) is 4.79 Å². The van der Waals surface area contributed by atoms with Crippen LogP contribution in [0.25, 0.3) is 0 Å². The Hall–Kier alpha value is -0.530. The topological polar surface area (TPSA) is 20.3 Å². The molecule has 1 unspecified atom stereocenters. The van der Waals surface area contributed by atoms with E-state index in [1.54, 1.807) is 6.92 Å². The van der Waals surface area contributed by atoms with Crippen molar-refractivity contribution in [2.45, 2.75) is 53.9 Å². The monoisotopic (exact) mass is 225 g/mol. The van der Waals surface area contributed by atoms with E-state index >= 15 is 0 Å². The van der Waals surface area contributed by atoms with Gasteiger partial charge in [0.2, 0.25) is 5.91 Å². The standard InChI is InChI=1S/C14H27NO/c1-6-13(14(3,4)5)12-7-9-15(10-8-12)11(2)16/h12-13H,6-10H2,1-5H3. The summed E-state index contributed by atoms with van der Waals surface area (Å²) in [4.78, 5) is 13.3. The number of hydrogen-bond acceptors (Lipinski definition) is 1. The molecule has 0 aromatic rings. The number of nitrogens with zero attached hydrogens (tertiary/aromatic N) is 1. The lowest BCUT2D eigenvalue weighted by Gasteiger charge is -2.41. The Bertz CT molecular complexity index is 234. The quantitative estimate of drug-likeness (QED) is 0.706. The van der Waals surface area contributed by atoms with Crippen molar-refractivity contribution in [3.63, 3.8) is 0 Å². The molecule has 1 atom stereocenters. The van der Waals surface area contributed by atoms with Crippen molar-refractivity contribution in [1.82, 2.24) is 4.90 Å². The summed E-state index contributed by atoms with van der Waals surface area (Å²) < 4.78 is 0. The molecule has 0 aromatic heterocycles. The zero-order chi connectivity index (χ0) is 12.3. The Morgan fingerprint density at radius 1 is 1.31 bits per heavy atom. The van der Waals surface area contributed by atoms with Crippen molar-refractivity contribution >= 4 is 5.91 Å². The minimum Gasteiger partial charge on any atom is -0.343 e. The smallest absolute Gasteiger partial charge is 0.219 e. The van der Waals surface area contributed by atoms with Crippen molar-refractivity contribution in [2.24, 2.45) is 17.3 Å². The van der Waals surface area contributed by atoms with Gasteiger partial charge in [-0.2, -0.15) is 0 Å². The van der Waals surface area contributed by atoms with Gasteiger partial charge in [0, 0.05) is 20.0 Å². The molecule has 94 valence electrons. The second-order valence-electron chi connectivity index (χ2n) is 6.22. The second-order valence-corrected chi connectivity index (χ2v) is 6.22. The molecule has 0 aliphatic carbocycles. The summed E-state index contributed by atoms with van der Waals surface area (Å²) in [7, 11) is 0. The van der Waals surface area contributed by atoms with E-state index in [1.807, 2.05) is 4.90 Å². The molecule has 0 saturated carbocycles. The van der Waals surface area contributed by atoms with E-state index in [0.29, 0.717) is 5.41 Å². The molecule has 0 spiro atoms. The highest BCUT2D eigenvalue weighted by Gasteiger charge is 2.33. The van der Waals surface area contributed by atoms with Crippen molar-refractivity contribution in [3.05, 3.63) is 0 Å². The van der Waals surface area contributed by atoms with Gasteiger partial charge in [0.1, 0.15) is 0 Å². The van der Waals surface area contributed by atoms with Gasteiger partial charge in [-0.05, 0) is 30.1 Å². The van der Waals surface area contributed by atoms with Crippen molar-refractivity contribution in [3.8, 4) is 0 Å². The van der Waals surface area contributed by atoms with Gasteiger partial charge in [0.05, 0.1) is 0 Å². The van der Waals surface area contributed by atoms with Crippen LogP contribution < -0.4 is 0 Å². The Morgan fingerprint density at radius 3 is 2.12 bits per heavy atom. The fourth-order valence-electron chi connectivity index (χ4n) is 3.27. The first-order chi connectivity index (χ1) is 7.36. The Kier molecular flexibility index (Phi) is 4.40. The molecular weight excluding hydrogens is 198 g/mol. The summed E-state index contributed by atoms with van der Waals surface area (Å²) >= 11 is 0. The summed E-state index contributed by atoms with van der Waals surface area (Å²) in [5.74, 6) is 1.84. The highest BCUT2D eigenvalue weighted by Crippen LogP contribution is 2.39. The number of carbonyl (C=O) groups excluding carboxylic acids is 1. The number of piperidine rings is 1. The molecule has 0 aromatic carbocycles. The molecule has 1 aliphatic rings. The summed E-state index contributed by atoms with van der Waals surface area (Å²) in [6.45, 7) is 12.9. The number of likely N-dealkylation sites (tertiary alicyclic amines) is 1. The van der Waals surface area contributed by atoms with Crippen molar-refractivity contribution < 1.29 is 4.79 Å². The first-order valence-electron chi connectivity index (χ1n) is 6.61. The van der Waals surface area contributed by atoms with E-state index in [0.717, 1.165) is 24.9 Å². The maximum Gasteiger partial charge on any atom is 0.219 e. The van der Waals surface area contributed by atoms with Crippen LogP contribution in [0.15, 0.2) is 0 Å². The van der Waals surface area contributed by atoms with Crippen LogP contribution in [0.1, 0.15) is 53.9 Å². The van der Waals surface area contributed by atoms with Crippen LogP contribution in [0.5, 0.6) is 0 Å². The molecule has 1 fully saturated rings. The number of rotatable bonds is 2. The third kappa shape index (κ3) is 3.23. The fraction of sp³-hybridized carbons (Fsp3) is 0.929. The van der Waals surface area contributed by atoms with Crippen molar-refractivity contribution in [2.75, 3.05) is 13.1 Å². The molecule has 1 aliphatic heterocycles. The van der Waals surface area contributed by atoms with Gasteiger partial charge in [0.25, 0.3) is 0 Å². The first kappa shape index (κ1) is 13.5. The predicted molar refractivity (Wildman–Crippen MR) is 68.2 cm³/mol. The van der Waals surface area contributed by atoms with Crippen LogP contribution in [0.2, 0.25) is 0 Å². The lowest BCUT2D eigenvalue weighted by Crippen LogP contribution is -2.41. The lowest BCUT2D eigenvalue weighted by molar-refractivity contribution is -0.130. The minimum atomic E-state index is 0.238. The molecule has 1 rings (SSSR count). The van der Waals surface area contributed by atoms with Gasteiger partial charge in [-0.3, -0.25) is 4.79 Å². The highest BCUT2D eigenvalue weighted by atomic mass is 16.2. The molecule has 2 heteroatoms. The van der Waals surface area contributed by atoms with Crippen molar-refractivity contribution in [1.29, 1.82) is 0 Å². The van der Waals surface area contributed by atoms with Crippen LogP contribution >= 0.6 is 0 Å². The van der Waals surface area contributed by atoms with Crippen LogP contribution in [-0.2, 0) is 4.79 Å². The fourth-order valence-corrected chi connectivity index (χ4v) is 3.27. The van der Waals surface area contributed by atoms with E-state index in [2.05, 4.69) is 27.7 Å². The molecule has 1 heterocycles. The maximum absolute atomic E-state index is 11.3. The summed E-state index contributed by atoms with van der Waals surface area (Å²) in [5.41, 5.74) is 0.401. The average molecular weight is 225 g/mol. The molecule has 2 nitrogen and oxygen atoms in total. The van der Waals surface area contributed by atoms with Gasteiger partial charge in [-0.15, -0.1) is 0 Å². The van der Waals surface area contributed by atoms with Gasteiger partial charge in [0.15, 0.2) is 0 Å². The second kappa shape index (κ2) is 5.20. The zero-order valence-corrected chi connectivity index (χ0v) is 11.5. The molecule has 16 heavy (non-hydrogen) atoms. The summed E-state index contributed by atoms with van der Waals surface area (Å²) in [5, 5.41) is 0. The Balaban J connectivity index is 2.55. The Labute approximate surface area is 100 Å². The zero-order valence-electron chi connectivity index (χ0n) is 11.5. The third-order valence-electron chi connectivity index (χ3n) is 4.11. The minimum absolute atomic E-state index is 0.238. The largest absolute Gasteiger partial charge is 0.343 e. The molecule has 0 bridgehead atoms. The highest BCUT2D eigenvalue weighted by molar-refractivity contribution is 5.73. The van der Waals surface area contributed by atoms with Crippen LogP contribution in [0, 0.1) is 17.3 Å². The molecule has 1 amide bonds. The SMILES string of the molecule is CCC(C1CCN(C(C)=O)CC1)C(C)(C)C. The average Bonchev–Trinajstić information content (AvgIpc) is 2.17. The third-order valence-corrected chi connectivity index (χ3v) is 4.11. The number of hydrogen-bond donors (Lipinski definition) is 0. The summed E-state index contributed by atoms with van der Waals surface area (Å²) in [6.07, 6.45) is 3.64. The molecular formula is C14H27NO. The molecule has 0 radical (unpaired) electrons. The van der Waals surface area contributed by atoms with Crippen LogP contribution in [0.4, 0.5) is 0 Å². The number of carbonyl (C=O) groups is 1. The van der Waals surface area contributed by atoms with E-state index < -0.39 is 0 Å². The first-order valence-corrected chi connectivity index (χ1v) is 6.61. The number of amides is 1. The normalized spacial score (nSPS) is 20.9. The lowest BCUT2D eigenvalue weighted by atomic mass is 9.69. The van der Waals surface area contributed by atoms with Crippen LogP contribution in [0.3, 0.4) is 0 Å². The van der Waals surface area contributed by atoms with E-state index in [4.69, 9.17) is 0 Å².